The lowest BCUT2D eigenvalue weighted by molar-refractivity contribution is -0.138. The number of anilines is 2. The third-order valence-electron chi connectivity index (χ3n) is 8.78. The van der Waals surface area contributed by atoms with Crippen LogP contribution in [0.15, 0.2) is 55.0 Å². The van der Waals surface area contributed by atoms with Gasteiger partial charge in [-0.3, -0.25) is 14.0 Å². The number of rotatable bonds is 4. The first kappa shape index (κ1) is 27.2. The van der Waals surface area contributed by atoms with Crippen molar-refractivity contribution in [2.45, 2.75) is 49.7 Å². The smallest absolute Gasteiger partial charge is 0.382 e. The molecule has 2 aliphatic heterocycles. The molecular formula is C29H24F5N7O2. The number of nitrogen functional groups attached to an aromatic ring is 1. The molecule has 5 heterocycles. The summed E-state index contributed by atoms with van der Waals surface area (Å²) in [5.41, 5.74) is 5.43. The van der Waals surface area contributed by atoms with Crippen LogP contribution in [0, 0.1) is 5.41 Å². The Hall–Kier alpha value is -4.62. The Balaban J connectivity index is 1.17. The number of imidazole rings is 1. The number of aromatic nitrogens is 4. The predicted octanol–water partition coefficient (Wildman–Crippen LogP) is 5.15. The number of halogens is 5. The lowest BCUT2D eigenvalue weighted by Crippen LogP contribution is -2.46. The van der Waals surface area contributed by atoms with Crippen molar-refractivity contribution in [1.29, 1.82) is 0 Å². The number of piperidine rings is 1. The maximum Gasteiger partial charge on any atom is 0.416 e. The molecule has 222 valence electrons. The summed E-state index contributed by atoms with van der Waals surface area (Å²) in [6.45, 7) is 0.115. The topological polar surface area (TPSA) is 119 Å². The number of amides is 2. The summed E-state index contributed by atoms with van der Waals surface area (Å²) in [5, 5.41) is 2.37. The Bertz CT molecular complexity index is 1780. The summed E-state index contributed by atoms with van der Waals surface area (Å²) >= 11 is 0. The number of alkyl halides is 5. The number of fused-ring (bicyclic) bond motifs is 2. The van der Waals surface area contributed by atoms with Crippen LogP contribution in [0.2, 0.25) is 0 Å². The number of nitrogens with one attached hydrogen (secondary N) is 1. The molecule has 1 aliphatic carbocycles. The first-order chi connectivity index (χ1) is 20.4. The molecule has 1 unspecified atom stereocenters. The Morgan fingerprint density at radius 2 is 1.79 bits per heavy atom. The second kappa shape index (κ2) is 9.19. The van der Waals surface area contributed by atoms with E-state index in [9.17, 15) is 22.8 Å². The van der Waals surface area contributed by atoms with Gasteiger partial charge in [0, 0.05) is 42.2 Å². The molecule has 2 atom stereocenters. The number of benzene rings is 1. The second-order valence-electron chi connectivity index (χ2n) is 11.3. The highest BCUT2D eigenvalue weighted by Gasteiger charge is 2.77. The Morgan fingerprint density at radius 1 is 1.05 bits per heavy atom. The molecule has 2 saturated heterocycles. The van der Waals surface area contributed by atoms with Crippen LogP contribution in [-0.2, 0) is 11.0 Å². The van der Waals surface area contributed by atoms with Crippen molar-refractivity contribution in [3.63, 3.8) is 0 Å². The third kappa shape index (κ3) is 4.13. The summed E-state index contributed by atoms with van der Waals surface area (Å²) in [6.07, 6.45) is 0.538. The highest BCUT2D eigenvalue weighted by atomic mass is 19.4. The number of hydrogen-bond acceptors (Lipinski definition) is 6. The van der Waals surface area contributed by atoms with Crippen molar-refractivity contribution in [3.8, 4) is 11.3 Å². The Labute approximate surface area is 240 Å². The van der Waals surface area contributed by atoms with Gasteiger partial charge in [-0.05, 0) is 49.9 Å². The maximum atomic E-state index is 15.1. The summed E-state index contributed by atoms with van der Waals surface area (Å²) in [7, 11) is 0. The fourth-order valence-electron chi connectivity index (χ4n) is 6.41. The molecule has 9 nitrogen and oxygen atoms in total. The average molecular weight is 598 g/mol. The highest BCUT2D eigenvalue weighted by Crippen LogP contribution is 2.65. The third-order valence-corrected chi connectivity index (χ3v) is 8.78. The van der Waals surface area contributed by atoms with Gasteiger partial charge in [-0.1, -0.05) is 12.1 Å². The molecule has 7 rings (SSSR count). The van der Waals surface area contributed by atoms with Gasteiger partial charge in [0.25, 0.3) is 11.8 Å². The van der Waals surface area contributed by atoms with Crippen LogP contribution >= 0.6 is 0 Å². The minimum Gasteiger partial charge on any atom is -0.382 e. The number of nitrogens with two attached hydrogens (primary N) is 1. The summed E-state index contributed by atoms with van der Waals surface area (Å²) in [6, 6.07) is 6.65. The molecule has 1 saturated carbocycles. The van der Waals surface area contributed by atoms with Crippen molar-refractivity contribution in [2.75, 3.05) is 17.6 Å². The molecular weight excluding hydrogens is 573 g/mol. The molecule has 1 spiro atoms. The minimum atomic E-state index is -4.58. The zero-order valence-corrected chi connectivity index (χ0v) is 22.4. The molecule has 43 heavy (non-hydrogen) atoms. The molecule has 3 N–H and O–H groups in total. The van der Waals surface area contributed by atoms with E-state index in [-0.39, 0.29) is 48.9 Å². The van der Waals surface area contributed by atoms with Crippen molar-refractivity contribution in [1.82, 2.24) is 24.3 Å². The monoisotopic (exact) mass is 597 g/mol. The van der Waals surface area contributed by atoms with Crippen LogP contribution in [0.4, 0.5) is 33.6 Å². The molecule has 0 bridgehead atoms. The fourth-order valence-corrected chi connectivity index (χ4v) is 6.41. The molecule has 3 aliphatic rings. The quantitative estimate of drug-likeness (QED) is 0.314. The van der Waals surface area contributed by atoms with Crippen molar-refractivity contribution < 1.29 is 31.5 Å². The molecule has 0 radical (unpaired) electrons. The lowest BCUT2D eigenvalue weighted by atomic mass is 9.89. The summed E-state index contributed by atoms with van der Waals surface area (Å²) < 4.78 is 71.1. The van der Waals surface area contributed by atoms with E-state index < -0.39 is 40.9 Å². The van der Waals surface area contributed by atoms with Crippen molar-refractivity contribution in [2.24, 2.45) is 5.41 Å². The fraction of sp³-hybridized carbons (Fsp3) is 0.345. The van der Waals surface area contributed by atoms with Gasteiger partial charge >= 0.3 is 6.18 Å². The number of nitrogens with zero attached hydrogens (tertiary/aromatic N) is 5. The number of hydrogen-bond donors (Lipinski definition) is 2. The Morgan fingerprint density at radius 3 is 2.49 bits per heavy atom. The van der Waals surface area contributed by atoms with Crippen LogP contribution in [0.5, 0.6) is 0 Å². The van der Waals surface area contributed by atoms with Gasteiger partial charge < -0.3 is 16.0 Å². The molecule has 2 amide bonds. The summed E-state index contributed by atoms with van der Waals surface area (Å²) in [5.74, 6) is -4.02. The van der Waals surface area contributed by atoms with E-state index in [4.69, 9.17) is 10.7 Å². The number of carbonyl (C=O) groups excluding carboxylic acids is 2. The van der Waals surface area contributed by atoms with Crippen LogP contribution < -0.4 is 11.1 Å². The van der Waals surface area contributed by atoms with Gasteiger partial charge in [0.2, 0.25) is 5.91 Å². The average Bonchev–Trinajstić information content (AvgIpc) is 3.69. The molecule has 1 aromatic carbocycles. The number of pyridine rings is 1. The van der Waals surface area contributed by atoms with Crippen molar-refractivity contribution >= 4 is 29.0 Å². The first-order valence-corrected chi connectivity index (χ1v) is 13.7. The van der Waals surface area contributed by atoms with Crippen LogP contribution in [0.3, 0.4) is 0 Å². The highest BCUT2D eigenvalue weighted by molar-refractivity contribution is 6.04. The van der Waals surface area contributed by atoms with Gasteiger partial charge in [0.05, 0.1) is 11.6 Å². The standard InChI is InChI=1S/C29H24F5N7O2/c30-28(31)19-6-5-17(14-41(19)26(43)27(28)8-9-27)24-39-21(22-23(35)37-11-12-40(22)24)15-1-3-16(4-2-15)25(42)38-20-13-18(7-10-36-20)29(32,33)34/h1-4,7,10-13,17,19H,5-6,8-9,14H2,(H2,35,37)(H,36,38,42)/t17-,19?/m0/s1. The zero-order valence-electron chi connectivity index (χ0n) is 22.4. The lowest BCUT2D eigenvalue weighted by Gasteiger charge is -2.36. The Kier molecular flexibility index (Phi) is 5.82. The van der Waals surface area contributed by atoms with Crippen LogP contribution in [-0.4, -0.2) is 54.6 Å². The molecule has 3 fully saturated rings. The van der Waals surface area contributed by atoms with Gasteiger partial charge in [-0.25, -0.2) is 23.7 Å². The second-order valence-corrected chi connectivity index (χ2v) is 11.3. The summed E-state index contributed by atoms with van der Waals surface area (Å²) in [4.78, 5) is 39.9. The van der Waals surface area contributed by atoms with E-state index in [1.165, 1.54) is 23.2 Å². The van der Waals surface area contributed by atoms with Gasteiger partial charge in [-0.15, -0.1) is 0 Å². The normalized spacial score (nSPS) is 22.2. The molecule has 4 aromatic rings. The van der Waals surface area contributed by atoms with E-state index in [0.717, 1.165) is 18.3 Å². The molecule has 3 aromatic heterocycles. The largest absolute Gasteiger partial charge is 0.416 e. The van der Waals surface area contributed by atoms with Crippen LogP contribution in [0.1, 0.15) is 53.3 Å². The SMILES string of the molecule is Nc1nccn2c([C@H]3CCC4N(C3)C(=O)C3(CC3)C4(F)F)nc(-c3ccc(C(=O)Nc4cc(C(F)(F)F)ccn4)cc3)c12. The first-order valence-electron chi connectivity index (χ1n) is 13.7. The van der Waals surface area contributed by atoms with E-state index >= 15 is 8.78 Å². The maximum absolute atomic E-state index is 15.1. The van der Waals surface area contributed by atoms with Gasteiger partial charge in [0.1, 0.15) is 34.1 Å². The zero-order chi connectivity index (χ0) is 30.3. The van der Waals surface area contributed by atoms with E-state index in [0.29, 0.717) is 29.0 Å². The minimum absolute atomic E-state index is 0.115. The van der Waals surface area contributed by atoms with E-state index in [1.54, 1.807) is 22.7 Å². The molecule has 14 heteroatoms. The van der Waals surface area contributed by atoms with E-state index in [2.05, 4.69) is 15.3 Å². The van der Waals surface area contributed by atoms with Gasteiger partial charge in [-0.2, -0.15) is 13.2 Å². The van der Waals surface area contributed by atoms with Gasteiger partial charge in [0.15, 0.2) is 0 Å². The van der Waals surface area contributed by atoms with Crippen LogP contribution in [0.25, 0.3) is 16.8 Å². The van der Waals surface area contributed by atoms with Crippen molar-refractivity contribution in [3.05, 3.63) is 71.9 Å². The predicted molar refractivity (Wildman–Crippen MR) is 144 cm³/mol. The number of carbonyl (C=O) groups is 2. The van der Waals surface area contributed by atoms with E-state index in [1.807, 2.05) is 0 Å².